The molecule has 0 bridgehead atoms. The molecule has 3 rings (SSSR count). The van der Waals surface area contributed by atoms with Crippen LogP contribution in [0.3, 0.4) is 0 Å². The molecule has 1 amide bonds. The minimum Gasteiger partial charge on any atom is -0.484 e. The molecule has 0 aliphatic carbocycles. The van der Waals surface area contributed by atoms with Crippen molar-refractivity contribution < 1.29 is 37.1 Å². The highest BCUT2D eigenvalue weighted by atomic mass is 35.5. The average molecular weight is 434 g/mol. The molecule has 2 heterocycles. The van der Waals surface area contributed by atoms with E-state index in [9.17, 15) is 33.2 Å². The number of furan rings is 1. The van der Waals surface area contributed by atoms with E-state index in [2.05, 4.69) is 5.10 Å². The van der Waals surface area contributed by atoms with E-state index in [0.717, 1.165) is 18.3 Å². The molecule has 9 nitrogen and oxygen atoms in total. The lowest BCUT2D eigenvalue weighted by Gasteiger charge is -2.31. The van der Waals surface area contributed by atoms with Crippen molar-refractivity contribution >= 4 is 29.4 Å². The van der Waals surface area contributed by atoms with Crippen molar-refractivity contribution in [3.63, 3.8) is 0 Å². The second-order valence-corrected chi connectivity index (χ2v) is 6.27. The van der Waals surface area contributed by atoms with Crippen LogP contribution in [0.4, 0.5) is 18.9 Å². The van der Waals surface area contributed by atoms with Crippen molar-refractivity contribution in [2.75, 3.05) is 0 Å². The normalized spacial score (nSPS) is 18.9. The minimum atomic E-state index is -5.13. The summed E-state index contributed by atoms with van der Waals surface area (Å²) < 4.78 is 49.7. The Morgan fingerprint density at radius 3 is 2.79 bits per heavy atom. The first kappa shape index (κ1) is 20.6. The number of non-ortho nitro benzene ring substituents is 1. The average Bonchev–Trinajstić information content (AvgIpc) is 3.27. The van der Waals surface area contributed by atoms with E-state index in [1.165, 1.54) is 18.2 Å². The number of amides is 1. The largest absolute Gasteiger partial charge is 0.484 e. The summed E-state index contributed by atoms with van der Waals surface area (Å²) in [6.45, 7) is -0.318. The van der Waals surface area contributed by atoms with Gasteiger partial charge >= 0.3 is 12.1 Å². The first-order chi connectivity index (χ1) is 13.5. The van der Waals surface area contributed by atoms with Gasteiger partial charge in [0.15, 0.2) is 5.76 Å². The second kappa shape index (κ2) is 7.37. The van der Waals surface area contributed by atoms with Crippen molar-refractivity contribution in [2.45, 2.75) is 24.9 Å². The number of halogens is 4. The Bertz CT molecular complexity index is 993. The van der Waals surface area contributed by atoms with Crippen LogP contribution in [0.25, 0.3) is 0 Å². The summed E-state index contributed by atoms with van der Waals surface area (Å²) in [7, 11) is 0. The summed E-state index contributed by atoms with van der Waals surface area (Å²) in [5, 5.41) is 23.9. The molecule has 1 aliphatic rings. The van der Waals surface area contributed by atoms with E-state index in [4.69, 9.17) is 20.8 Å². The third kappa shape index (κ3) is 3.89. The van der Waals surface area contributed by atoms with Crippen LogP contribution in [-0.4, -0.2) is 39.1 Å². The zero-order valence-corrected chi connectivity index (χ0v) is 15.0. The van der Waals surface area contributed by atoms with Gasteiger partial charge in [-0.05, 0) is 18.2 Å². The minimum absolute atomic E-state index is 0.0228. The molecule has 1 aliphatic heterocycles. The van der Waals surface area contributed by atoms with Crippen molar-refractivity contribution in [3.05, 3.63) is 57.0 Å². The number of hydrogen-bond acceptors (Lipinski definition) is 7. The molecule has 1 aromatic heterocycles. The van der Waals surface area contributed by atoms with Gasteiger partial charge in [-0.25, -0.2) is 0 Å². The smallest absolute Gasteiger partial charge is 0.438 e. The van der Waals surface area contributed by atoms with Crippen LogP contribution in [-0.2, 0) is 6.61 Å². The van der Waals surface area contributed by atoms with Gasteiger partial charge in [0.2, 0.25) is 0 Å². The summed E-state index contributed by atoms with van der Waals surface area (Å²) >= 11 is 5.89. The Balaban J connectivity index is 1.73. The van der Waals surface area contributed by atoms with Gasteiger partial charge in [-0.3, -0.25) is 14.9 Å². The molecule has 154 valence electrons. The molecule has 0 saturated heterocycles. The summed E-state index contributed by atoms with van der Waals surface area (Å²) in [6, 6.07) is 5.86. The number of nitrogens with zero attached hydrogens (tertiary/aromatic N) is 3. The summed E-state index contributed by atoms with van der Waals surface area (Å²) in [5.74, 6) is -1.83. The molecule has 0 radical (unpaired) electrons. The Hall–Kier alpha value is -3.12. The number of hydrazone groups is 1. The molecule has 1 unspecified atom stereocenters. The maximum Gasteiger partial charge on any atom is 0.438 e. The van der Waals surface area contributed by atoms with Crippen LogP contribution in [0.15, 0.2) is 39.9 Å². The number of benzene rings is 1. The fraction of sp³-hybridized carbons (Fsp3) is 0.250. The van der Waals surface area contributed by atoms with Crippen molar-refractivity contribution in [1.82, 2.24) is 5.01 Å². The van der Waals surface area contributed by atoms with Crippen LogP contribution in [0.2, 0.25) is 5.02 Å². The number of nitro groups is 1. The summed E-state index contributed by atoms with van der Waals surface area (Å²) in [6.07, 6.45) is -5.27. The highest BCUT2D eigenvalue weighted by molar-refractivity contribution is 6.32. The van der Waals surface area contributed by atoms with E-state index >= 15 is 0 Å². The van der Waals surface area contributed by atoms with Gasteiger partial charge in [-0.15, -0.1) is 0 Å². The fourth-order valence-corrected chi connectivity index (χ4v) is 2.60. The maximum atomic E-state index is 13.1. The number of rotatable bonds is 5. The first-order valence-corrected chi connectivity index (χ1v) is 8.22. The third-order valence-corrected chi connectivity index (χ3v) is 4.25. The zero-order chi connectivity index (χ0) is 21.4. The standard InChI is InChI=1S/C16H11ClF3N3O6/c17-11-3-1-9(23(26)27)7-13(11)28-8-10-2-4-12(29-10)14(24)22-15(25,5-6-21-22)16(18,19)20/h1-4,6-7,25H,5,8H2. The Kier molecular flexibility index (Phi) is 5.24. The predicted molar refractivity (Wildman–Crippen MR) is 91.4 cm³/mol. The van der Waals surface area contributed by atoms with Crippen LogP contribution in [0.1, 0.15) is 22.7 Å². The molecular formula is C16H11ClF3N3O6. The van der Waals surface area contributed by atoms with Gasteiger partial charge in [0.25, 0.3) is 11.4 Å². The van der Waals surface area contributed by atoms with Gasteiger partial charge in [0.05, 0.1) is 16.0 Å². The zero-order valence-electron chi connectivity index (χ0n) is 14.2. The Labute approximate surface area is 165 Å². The topological polar surface area (TPSA) is 118 Å². The lowest BCUT2D eigenvalue weighted by molar-refractivity contribution is -0.384. The molecule has 2 aromatic rings. The molecule has 0 saturated carbocycles. The van der Waals surface area contributed by atoms with E-state index in [1.807, 2.05) is 0 Å². The Morgan fingerprint density at radius 2 is 2.14 bits per heavy atom. The van der Waals surface area contributed by atoms with Crippen LogP contribution >= 0.6 is 11.6 Å². The van der Waals surface area contributed by atoms with Crippen molar-refractivity contribution in [2.24, 2.45) is 5.10 Å². The maximum absolute atomic E-state index is 13.1. The number of carbonyl (C=O) groups is 1. The van der Waals surface area contributed by atoms with Crippen molar-refractivity contribution in [1.29, 1.82) is 0 Å². The van der Waals surface area contributed by atoms with E-state index in [1.54, 1.807) is 0 Å². The second-order valence-electron chi connectivity index (χ2n) is 5.86. The quantitative estimate of drug-likeness (QED) is 0.569. The lowest BCUT2D eigenvalue weighted by atomic mass is 10.1. The van der Waals surface area contributed by atoms with Gasteiger partial charge in [-0.2, -0.15) is 23.3 Å². The molecule has 0 spiro atoms. The van der Waals surface area contributed by atoms with Crippen LogP contribution < -0.4 is 4.74 Å². The van der Waals surface area contributed by atoms with Crippen LogP contribution in [0, 0.1) is 10.1 Å². The summed E-state index contributed by atoms with van der Waals surface area (Å²) in [5.41, 5.74) is -3.73. The first-order valence-electron chi connectivity index (χ1n) is 7.84. The van der Waals surface area contributed by atoms with Crippen LogP contribution in [0.5, 0.6) is 5.75 Å². The van der Waals surface area contributed by atoms with E-state index < -0.39 is 34.9 Å². The molecule has 13 heteroatoms. The molecule has 29 heavy (non-hydrogen) atoms. The number of ether oxygens (including phenoxy) is 1. The highest BCUT2D eigenvalue weighted by Crippen LogP contribution is 2.39. The van der Waals surface area contributed by atoms with Crippen molar-refractivity contribution in [3.8, 4) is 5.75 Å². The molecule has 1 aromatic carbocycles. The van der Waals surface area contributed by atoms with Gasteiger partial charge in [0.1, 0.15) is 18.1 Å². The fourth-order valence-electron chi connectivity index (χ4n) is 2.43. The molecule has 1 N–H and O–H groups in total. The Morgan fingerprint density at radius 1 is 1.41 bits per heavy atom. The van der Waals surface area contributed by atoms with E-state index in [-0.39, 0.29) is 33.8 Å². The lowest BCUT2D eigenvalue weighted by Crippen LogP contribution is -2.56. The number of hydrogen-bond donors (Lipinski definition) is 1. The van der Waals surface area contributed by atoms with Gasteiger partial charge in [0, 0.05) is 18.7 Å². The van der Waals surface area contributed by atoms with Gasteiger partial charge in [-0.1, -0.05) is 11.6 Å². The number of alkyl halides is 3. The van der Waals surface area contributed by atoms with E-state index in [0.29, 0.717) is 0 Å². The molecule has 1 atom stereocenters. The SMILES string of the molecule is O=C(c1ccc(COc2cc([N+](=O)[O-])ccc2Cl)o1)N1N=CCC1(O)C(F)(F)F. The summed E-state index contributed by atoms with van der Waals surface area (Å²) in [4.78, 5) is 22.4. The van der Waals surface area contributed by atoms with Gasteiger partial charge < -0.3 is 14.3 Å². The number of aliphatic hydroxyl groups is 1. The third-order valence-electron chi connectivity index (χ3n) is 3.94. The highest BCUT2D eigenvalue weighted by Gasteiger charge is 2.61. The predicted octanol–water partition coefficient (Wildman–Crippen LogP) is 3.50. The molecular weight excluding hydrogens is 423 g/mol. The number of nitro benzene ring substituents is 1. The number of carbonyl (C=O) groups excluding carboxylic acids is 1. The monoisotopic (exact) mass is 433 g/mol. The molecule has 0 fully saturated rings.